The van der Waals surface area contributed by atoms with E-state index in [1.807, 2.05) is 62.6 Å². The topological polar surface area (TPSA) is 96.9 Å². The Hall–Kier alpha value is -3.94. The molecule has 0 aliphatic rings. The van der Waals surface area contributed by atoms with Gasteiger partial charge in [0.2, 0.25) is 5.95 Å². The number of aryl methyl sites for hydroxylation is 4. The van der Waals surface area contributed by atoms with Gasteiger partial charge in [-0.05, 0) is 39.3 Å². The molecule has 1 aromatic carbocycles. The van der Waals surface area contributed by atoms with E-state index in [0.717, 1.165) is 50.9 Å². The van der Waals surface area contributed by atoms with Crippen molar-refractivity contribution in [2.45, 2.75) is 27.7 Å². The number of H-pyrrole nitrogens is 1. The molecular formula is C22H21N7O. The summed E-state index contributed by atoms with van der Waals surface area (Å²) in [5, 5.41) is 14.6. The van der Waals surface area contributed by atoms with Crippen LogP contribution in [0.4, 0.5) is 11.8 Å². The lowest BCUT2D eigenvalue weighted by molar-refractivity contribution is 0.393. The Morgan fingerprint density at radius 1 is 1.00 bits per heavy atom. The number of rotatable bonds is 4. The molecule has 30 heavy (non-hydrogen) atoms. The van der Waals surface area contributed by atoms with E-state index >= 15 is 0 Å². The van der Waals surface area contributed by atoms with Gasteiger partial charge >= 0.3 is 0 Å². The maximum atomic E-state index is 5.34. The summed E-state index contributed by atoms with van der Waals surface area (Å²) in [4.78, 5) is 9.51. The summed E-state index contributed by atoms with van der Waals surface area (Å²) >= 11 is 0. The van der Waals surface area contributed by atoms with E-state index in [1.165, 1.54) is 0 Å². The van der Waals surface area contributed by atoms with E-state index in [1.54, 1.807) is 0 Å². The summed E-state index contributed by atoms with van der Waals surface area (Å²) in [5.74, 6) is 2.15. The number of nitrogens with zero attached hydrogens (tertiary/aromatic N) is 5. The van der Waals surface area contributed by atoms with Crippen molar-refractivity contribution in [1.82, 2.24) is 29.7 Å². The molecule has 4 heterocycles. The van der Waals surface area contributed by atoms with Crippen molar-refractivity contribution in [1.29, 1.82) is 0 Å². The van der Waals surface area contributed by atoms with Crippen LogP contribution in [0.2, 0.25) is 0 Å². The summed E-state index contributed by atoms with van der Waals surface area (Å²) < 4.78 is 7.28. The van der Waals surface area contributed by atoms with E-state index in [4.69, 9.17) is 9.51 Å². The number of aromatic nitrogens is 6. The Bertz CT molecular complexity index is 1360. The van der Waals surface area contributed by atoms with Crippen molar-refractivity contribution >= 4 is 17.4 Å². The minimum Gasteiger partial charge on any atom is -0.361 e. The largest absolute Gasteiger partial charge is 0.361 e. The van der Waals surface area contributed by atoms with E-state index < -0.39 is 0 Å². The fourth-order valence-electron chi connectivity index (χ4n) is 3.67. The minimum atomic E-state index is 0.650. The Morgan fingerprint density at radius 3 is 2.57 bits per heavy atom. The molecule has 0 saturated heterocycles. The molecule has 0 saturated carbocycles. The molecule has 4 aromatic heterocycles. The first-order valence-corrected chi connectivity index (χ1v) is 9.67. The zero-order valence-electron chi connectivity index (χ0n) is 17.2. The highest BCUT2D eigenvalue weighted by Gasteiger charge is 2.15. The first-order valence-electron chi connectivity index (χ1n) is 9.67. The van der Waals surface area contributed by atoms with Crippen LogP contribution in [0.25, 0.3) is 28.0 Å². The number of hydrogen-bond acceptors (Lipinski definition) is 6. The highest BCUT2D eigenvalue weighted by atomic mass is 16.5. The SMILES string of the molecule is Cc1cn2c(Nc3cc(C)[nH]n3)nc(-c3cccc(-c4c(C)noc4C)c3)cc2n1. The molecule has 0 atom stereocenters. The van der Waals surface area contributed by atoms with Crippen LogP contribution >= 0.6 is 0 Å². The molecule has 0 radical (unpaired) electrons. The Morgan fingerprint density at radius 2 is 1.83 bits per heavy atom. The van der Waals surface area contributed by atoms with Gasteiger partial charge in [0, 0.05) is 35.2 Å². The fourth-order valence-corrected chi connectivity index (χ4v) is 3.67. The first-order chi connectivity index (χ1) is 14.5. The van der Waals surface area contributed by atoms with Crippen LogP contribution in [-0.4, -0.2) is 29.7 Å². The van der Waals surface area contributed by atoms with Crippen LogP contribution in [0.3, 0.4) is 0 Å². The van der Waals surface area contributed by atoms with Crippen LogP contribution in [0, 0.1) is 27.7 Å². The molecule has 0 bridgehead atoms. The minimum absolute atomic E-state index is 0.650. The fraction of sp³-hybridized carbons (Fsp3) is 0.182. The van der Waals surface area contributed by atoms with Gasteiger partial charge in [0.15, 0.2) is 5.82 Å². The highest BCUT2D eigenvalue weighted by molar-refractivity contribution is 5.75. The Kier molecular flexibility index (Phi) is 4.13. The third-order valence-corrected chi connectivity index (χ3v) is 5.00. The molecule has 0 aliphatic carbocycles. The molecule has 0 fully saturated rings. The molecule has 8 heteroatoms. The number of imidazole rings is 1. The second-order valence-electron chi connectivity index (χ2n) is 7.42. The number of hydrogen-bond donors (Lipinski definition) is 2. The summed E-state index contributed by atoms with van der Waals surface area (Å²) in [6.07, 6.45) is 1.95. The zero-order valence-corrected chi connectivity index (χ0v) is 17.2. The van der Waals surface area contributed by atoms with Crippen molar-refractivity contribution < 1.29 is 4.52 Å². The molecular weight excluding hydrogens is 378 g/mol. The van der Waals surface area contributed by atoms with E-state index in [2.05, 4.69) is 37.8 Å². The van der Waals surface area contributed by atoms with Gasteiger partial charge in [0.05, 0.1) is 17.1 Å². The van der Waals surface area contributed by atoms with Crippen molar-refractivity contribution in [3.63, 3.8) is 0 Å². The van der Waals surface area contributed by atoms with Gasteiger partial charge in [0.1, 0.15) is 11.4 Å². The third-order valence-electron chi connectivity index (χ3n) is 5.00. The van der Waals surface area contributed by atoms with Crippen molar-refractivity contribution in [2.24, 2.45) is 0 Å². The number of aromatic amines is 1. The van der Waals surface area contributed by atoms with Crippen LogP contribution in [-0.2, 0) is 0 Å². The lowest BCUT2D eigenvalue weighted by Gasteiger charge is -2.10. The predicted molar refractivity (Wildman–Crippen MR) is 115 cm³/mol. The zero-order chi connectivity index (χ0) is 20.8. The van der Waals surface area contributed by atoms with Crippen LogP contribution in [0.15, 0.2) is 47.1 Å². The van der Waals surface area contributed by atoms with Gasteiger partial charge in [-0.25, -0.2) is 9.97 Å². The number of benzene rings is 1. The first kappa shape index (κ1) is 18.1. The van der Waals surface area contributed by atoms with Crippen LogP contribution < -0.4 is 5.32 Å². The van der Waals surface area contributed by atoms with Gasteiger partial charge in [-0.3, -0.25) is 9.50 Å². The molecule has 0 amide bonds. The van der Waals surface area contributed by atoms with Gasteiger partial charge in [0.25, 0.3) is 0 Å². The average molecular weight is 399 g/mol. The van der Waals surface area contributed by atoms with E-state index in [-0.39, 0.29) is 0 Å². The summed E-state index contributed by atoms with van der Waals surface area (Å²) in [7, 11) is 0. The molecule has 150 valence electrons. The third kappa shape index (κ3) is 3.12. The quantitative estimate of drug-likeness (QED) is 0.453. The van der Waals surface area contributed by atoms with Crippen molar-refractivity contribution in [3.8, 4) is 22.4 Å². The molecule has 0 spiro atoms. The summed E-state index contributed by atoms with van der Waals surface area (Å²) in [6, 6.07) is 12.1. The van der Waals surface area contributed by atoms with Gasteiger partial charge in [-0.2, -0.15) is 5.10 Å². The van der Waals surface area contributed by atoms with E-state index in [9.17, 15) is 0 Å². The Balaban J connectivity index is 1.63. The second kappa shape index (κ2) is 6.84. The normalized spacial score (nSPS) is 11.3. The standard InChI is InChI=1S/C22H21N7O/c1-12-8-19(27-26-12)25-22-24-18(10-20-23-13(2)11-29(20)22)16-6-5-7-17(9-16)21-14(3)28-30-15(21)4/h5-11H,1-4H3,(H2,24,25,26,27). The molecule has 2 N–H and O–H groups in total. The predicted octanol–water partition coefficient (Wildman–Crippen LogP) is 4.75. The molecule has 5 rings (SSSR count). The highest BCUT2D eigenvalue weighted by Crippen LogP contribution is 2.31. The molecule has 8 nitrogen and oxygen atoms in total. The second-order valence-corrected chi connectivity index (χ2v) is 7.42. The van der Waals surface area contributed by atoms with Crippen molar-refractivity contribution in [3.05, 3.63) is 65.4 Å². The number of anilines is 2. The van der Waals surface area contributed by atoms with Crippen LogP contribution in [0.1, 0.15) is 22.8 Å². The van der Waals surface area contributed by atoms with Crippen LogP contribution in [0.5, 0.6) is 0 Å². The summed E-state index contributed by atoms with van der Waals surface area (Å²) in [5.41, 5.74) is 7.43. The lowest BCUT2D eigenvalue weighted by atomic mass is 10.0. The molecule has 0 aliphatic heterocycles. The molecule has 5 aromatic rings. The van der Waals surface area contributed by atoms with Gasteiger partial charge in [-0.1, -0.05) is 23.4 Å². The Labute approximate surface area is 173 Å². The average Bonchev–Trinajstić information content (AvgIpc) is 3.40. The molecule has 0 unspecified atom stereocenters. The number of nitrogens with one attached hydrogen (secondary N) is 2. The smallest absolute Gasteiger partial charge is 0.215 e. The lowest BCUT2D eigenvalue weighted by Crippen LogP contribution is -2.03. The summed E-state index contributed by atoms with van der Waals surface area (Å²) in [6.45, 7) is 7.80. The monoisotopic (exact) mass is 399 g/mol. The van der Waals surface area contributed by atoms with Crippen molar-refractivity contribution in [2.75, 3.05) is 5.32 Å². The van der Waals surface area contributed by atoms with Gasteiger partial charge in [-0.15, -0.1) is 0 Å². The maximum Gasteiger partial charge on any atom is 0.215 e. The number of fused-ring (bicyclic) bond motifs is 1. The maximum absolute atomic E-state index is 5.34. The van der Waals surface area contributed by atoms with E-state index in [0.29, 0.717) is 11.8 Å². The van der Waals surface area contributed by atoms with Gasteiger partial charge < -0.3 is 9.84 Å².